The normalized spacial score (nSPS) is 28.2. The molecule has 5 heteroatoms. The number of nitriles is 1. The summed E-state index contributed by atoms with van der Waals surface area (Å²) in [5, 5.41) is 9.96. The number of rotatable bonds is 3. The quantitative estimate of drug-likeness (QED) is 0.631. The van der Waals surface area contributed by atoms with Crippen molar-refractivity contribution in [1.29, 1.82) is 5.26 Å². The Kier molecular flexibility index (Phi) is 5.68. The van der Waals surface area contributed by atoms with Crippen molar-refractivity contribution in [1.82, 2.24) is 4.98 Å². The maximum absolute atomic E-state index is 9.74. The second-order valence-electron chi connectivity index (χ2n) is 10.6. The second-order valence-corrected chi connectivity index (χ2v) is 15.4. The van der Waals surface area contributed by atoms with Crippen LogP contribution in [0.5, 0.6) is 0 Å². The molecule has 0 bridgehead atoms. The van der Waals surface area contributed by atoms with Crippen LogP contribution in [0.4, 0.5) is 5.69 Å². The van der Waals surface area contributed by atoms with Crippen LogP contribution in [-0.2, 0) is 10.8 Å². The molecule has 1 aliphatic heterocycles. The van der Waals surface area contributed by atoms with E-state index in [1.54, 1.807) is 6.20 Å². The molecule has 3 rings (SSSR count). The molecule has 0 spiro atoms. The van der Waals surface area contributed by atoms with Gasteiger partial charge in [-0.25, -0.2) is 0 Å². The summed E-state index contributed by atoms with van der Waals surface area (Å²) >= 11 is 0. The van der Waals surface area contributed by atoms with Crippen LogP contribution in [0.1, 0.15) is 70.7 Å². The van der Waals surface area contributed by atoms with Crippen molar-refractivity contribution in [3.05, 3.63) is 23.0 Å². The van der Waals surface area contributed by atoms with Gasteiger partial charge in [0.25, 0.3) is 0 Å². The third-order valence-corrected chi connectivity index (χ3v) is 11.8. The van der Waals surface area contributed by atoms with Gasteiger partial charge in [0.2, 0.25) is 0 Å². The maximum atomic E-state index is 9.74. The number of piperidine rings is 1. The summed E-state index contributed by atoms with van der Waals surface area (Å²) in [4.78, 5) is 7.08. The molecule has 28 heavy (non-hydrogen) atoms. The number of hydrogen-bond acceptors (Lipinski definition) is 4. The highest BCUT2D eigenvalue weighted by atomic mass is 28.4. The standard InChI is InChI=1S/C23H37N3OSi/c1-15-9-10-19-20(15)25-12-18(11-24)21(19)26-13-16(2)22(17(3)14-26)27-28(7,8)23(4,5)6/h12,15-17,22H,9-10,13-14H2,1-8H3/t15-,16-,17+,22+/m1/s1. The molecule has 0 saturated carbocycles. The maximum Gasteiger partial charge on any atom is 0.192 e. The van der Waals surface area contributed by atoms with Gasteiger partial charge in [-0.3, -0.25) is 4.98 Å². The molecule has 1 aromatic heterocycles. The highest BCUT2D eigenvalue weighted by molar-refractivity contribution is 6.74. The molecule has 2 heterocycles. The number of nitrogens with zero attached hydrogens (tertiary/aromatic N) is 3. The Morgan fingerprint density at radius 2 is 1.79 bits per heavy atom. The van der Waals surface area contributed by atoms with E-state index in [0.717, 1.165) is 37.2 Å². The van der Waals surface area contributed by atoms with Crippen LogP contribution < -0.4 is 4.90 Å². The lowest BCUT2D eigenvalue weighted by molar-refractivity contribution is 0.0627. The van der Waals surface area contributed by atoms with E-state index < -0.39 is 8.32 Å². The van der Waals surface area contributed by atoms with Gasteiger partial charge in [0.15, 0.2) is 8.32 Å². The molecule has 1 aromatic rings. The van der Waals surface area contributed by atoms with E-state index in [0.29, 0.717) is 17.8 Å². The van der Waals surface area contributed by atoms with Crippen LogP contribution in [0.3, 0.4) is 0 Å². The zero-order valence-electron chi connectivity index (χ0n) is 19.0. The molecule has 4 nitrogen and oxygen atoms in total. The number of anilines is 1. The molecular formula is C23H37N3OSi. The van der Waals surface area contributed by atoms with Gasteiger partial charge in [-0.1, -0.05) is 41.5 Å². The van der Waals surface area contributed by atoms with E-state index in [1.807, 2.05) is 0 Å². The van der Waals surface area contributed by atoms with Gasteiger partial charge in [-0.2, -0.15) is 5.26 Å². The zero-order chi connectivity index (χ0) is 20.9. The molecule has 1 aliphatic carbocycles. The Bertz CT molecular complexity index is 765. The Balaban J connectivity index is 1.87. The Labute approximate surface area is 172 Å². The first-order valence-corrected chi connectivity index (χ1v) is 13.7. The fourth-order valence-corrected chi connectivity index (χ4v) is 6.14. The van der Waals surface area contributed by atoms with Gasteiger partial charge in [-0.15, -0.1) is 0 Å². The number of aromatic nitrogens is 1. The van der Waals surface area contributed by atoms with Crippen molar-refractivity contribution >= 4 is 14.0 Å². The molecule has 0 radical (unpaired) electrons. The summed E-state index contributed by atoms with van der Waals surface area (Å²) < 4.78 is 6.85. The summed E-state index contributed by atoms with van der Waals surface area (Å²) in [5.74, 6) is 1.37. The fourth-order valence-electron chi connectivity index (χ4n) is 4.64. The van der Waals surface area contributed by atoms with Gasteiger partial charge >= 0.3 is 0 Å². The number of pyridine rings is 1. The van der Waals surface area contributed by atoms with Crippen molar-refractivity contribution < 1.29 is 4.43 Å². The summed E-state index contributed by atoms with van der Waals surface area (Å²) in [7, 11) is -1.80. The molecule has 1 saturated heterocycles. The average Bonchev–Trinajstić information content (AvgIpc) is 2.97. The Morgan fingerprint density at radius 1 is 1.18 bits per heavy atom. The lowest BCUT2D eigenvalue weighted by atomic mass is 9.87. The lowest BCUT2D eigenvalue weighted by Crippen LogP contribution is -2.54. The first-order chi connectivity index (χ1) is 13.0. The van der Waals surface area contributed by atoms with E-state index >= 15 is 0 Å². The highest BCUT2D eigenvalue weighted by Gasteiger charge is 2.44. The smallest absolute Gasteiger partial charge is 0.192 e. The third-order valence-electron chi connectivity index (χ3n) is 7.29. The van der Waals surface area contributed by atoms with Crippen LogP contribution in [0.15, 0.2) is 6.20 Å². The van der Waals surface area contributed by atoms with Crippen LogP contribution >= 0.6 is 0 Å². The van der Waals surface area contributed by atoms with Crippen LogP contribution in [0.2, 0.25) is 18.1 Å². The minimum Gasteiger partial charge on any atom is -0.413 e. The van der Waals surface area contributed by atoms with Crippen LogP contribution in [0.25, 0.3) is 0 Å². The SMILES string of the molecule is C[C@@H]1CCc2c1ncc(C#N)c2N1C[C@@H](C)[C@H](O[Si](C)(C)C(C)(C)C)[C@@H](C)C1. The zero-order valence-corrected chi connectivity index (χ0v) is 20.0. The fraction of sp³-hybridized carbons (Fsp3) is 0.739. The number of hydrogen-bond donors (Lipinski definition) is 0. The van der Waals surface area contributed by atoms with Crippen LogP contribution in [-0.4, -0.2) is 32.5 Å². The predicted octanol–water partition coefficient (Wildman–Crippen LogP) is 5.49. The van der Waals surface area contributed by atoms with Crippen molar-refractivity contribution in [2.75, 3.05) is 18.0 Å². The first-order valence-electron chi connectivity index (χ1n) is 10.8. The van der Waals surface area contributed by atoms with E-state index in [2.05, 4.69) is 70.6 Å². The lowest BCUT2D eigenvalue weighted by Gasteiger charge is -2.48. The monoisotopic (exact) mass is 399 g/mol. The molecule has 1 fully saturated rings. The topological polar surface area (TPSA) is 49.2 Å². The van der Waals surface area contributed by atoms with Crippen LogP contribution in [0, 0.1) is 23.2 Å². The predicted molar refractivity (Wildman–Crippen MR) is 118 cm³/mol. The minimum absolute atomic E-state index is 0.222. The van der Waals surface area contributed by atoms with Gasteiger partial charge in [0.05, 0.1) is 17.4 Å². The molecule has 2 aliphatic rings. The van der Waals surface area contributed by atoms with Gasteiger partial charge in [0, 0.05) is 25.0 Å². The highest BCUT2D eigenvalue weighted by Crippen LogP contribution is 2.43. The van der Waals surface area contributed by atoms with E-state index in [1.165, 1.54) is 11.3 Å². The largest absolute Gasteiger partial charge is 0.413 e. The third kappa shape index (κ3) is 3.74. The number of fused-ring (bicyclic) bond motifs is 1. The summed E-state index contributed by atoms with van der Waals surface area (Å²) in [5.41, 5.74) is 4.40. The van der Waals surface area contributed by atoms with Gasteiger partial charge in [0.1, 0.15) is 6.07 Å². The first kappa shape index (κ1) is 21.3. The summed E-state index contributed by atoms with van der Waals surface area (Å²) in [6.07, 6.45) is 4.26. The van der Waals surface area contributed by atoms with E-state index in [-0.39, 0.29) is 11.1 Å². The Morgan fingerprint density at radius 3 is 2.32 bits per heavy atom. The van der Waals surface area contributed by atoms with Crippen molar-refractivity contribution in [3.8, 4) is 6.07 Å². The van der Waals surface area contributed by atoms with Crippen molar-refractivity contribution in [2.45, 2.75) is 84.5 Å². The molecule has 0 N–H and O–H groups in total. The van der Waals surface area contributed by atoms with Gasteiger partial charge < -0.3 is 9.33 Å². The van der Waals surface area contributed by atoms with Crippen molar-refractivity contribution in [2.24, 2.45) is 11.8 Å². The van der Waals surface area contributed by atoms with Gasteiger partial charge in [-0.05, 0) is 54.3 Å². The second kappa shape index (κ2) is 7.46. The molecule has 4 atom stereocenters. The summed E-state index contributed by atoms with van der Waals surface area (Å²) in [6.45, 7) is 20.4. The molecule has 0 aromatic carbocycles. The molecular weight excluding hydrogens is 362 g/mol. The molecule has 0 unspecified atom stereocenters. The van der Waals surface area contributed by atoms with E-state index in [4.69, 9.17) is 4.43 Å². The molecule has 0 amide bonds. The van der Waals surface area contributed by atoms with Crippen molar-refractivity contribution in [3.63, 3.8) is 0 Å². The van der Waals surface area contributed by atoms with E-state index in [9.17, 15) is 5.26 Å². The Hall–Kier alpha value is -1.38. The average molecular weight is 400 g/mol. The minimum atomic E-state index is -1.80. The molecule has 154 valence electrons. The summed E-state index contributed by atoms with van der Waals surface area (Å²) in [6, 6.07) is 2.41.